The highest BCUT2D eigenvalue weighted by molar-refractivity contribution is 5.92. The maximum absolute atomic E-state index is 13.1. The van der Waals surface area contributed by atoms with Crippen molar-refractivity contribution < 1.29 is 27.1 Å². The van der Waals surface area contributed by atoms with Crippen molar-refractivity contribution in [2.24, 2.45) is 0 Å². The van der Waals surface area contributed by atoms with Crippen LogP contribution in [0, 0.1) is 17.1 Å². The first-order valence-corrected chi connectivity index (χ1v) is 4.79. The summed E-state index contributed by atoms with van der Waals surface area (Å²) < 4.78 is 55.8. The van der Waals surface area contributed by atoms with Gasteiger partial charge in [-0.1, -0.05) is 0 Å². The van der Waals surface area contributed by atoms with Gasteiger partial charge in [-0.05, 0) is 19.1 Å². The Hall–Kier alpha value is -2.10. The van der Waals surface area contributed by atoms with Crippen LogP contribution in [0.2, 0.25) is 0 Å². The zero-order valence-corrected chi connectivity index (χ0v) is 9.14. The number of benzene rings is 1. The number of alkyl halides is 3. The molecule has 0 N–H and O–H groups in total. The first kappa shape index (κ1) is 14.0. The maximum Gasteiger partial charge on any atom is 0.418 e. The predicted molar refractivity (Wildman–Crippen MR) is 52.1 cm³/mol. The van der Waals surface area contributed by atoms with Crippen LogP contribution in [0.1, 0.15) is 28.4 Å². The minimum absolute atomic E-state index is 0.130. The Bertz CT molecular complexity index is 517. The Balaban J connectivity index is 3.54. The lowest BCUT2D eigenvalue weighted by atomic mass is 10.0. The zero-order valence-electron chi connectivity index (χ0n) is 9.14. The molecule has 0 saturated carbocycles. The van der Waals surface area contributed by atoms with Crippen LogP contribution in [0.3, 0.4) is 0 Å². The van der Waals surface area contributed by atoms with Crippen LogP contribution < -0.4 is 0 Å². The maximum atomic E-state index is 13.1. The molecule has 96 valence electrons. The number of nitrogens with zero attached hydrogens (tertiary/aromatic N) is 1. The third-order valence-corrected chi connectivity index (χ3v) is 2.05. The summed E-state index contributed by atoms with van der Waals surface area (Å²) in [6.45, 7) is 1.29. The highest BCUT2D eigenvalue weighted by Crippen LogP contribution is 2.35. The molecule has 1 aromatic carbocycles. The van der Waals surface area contributed by atoms with Crippen molar-refractivity contribution in [3.05, 3.63) is 34.6 Å². The lowest BCUT2D eigenvalue weighted by Crippen LogP contribution is -2.18. The number of hydrogen-bond donors (Lipinski definition) is 0. The summed E-state index contributed by atoms with van der Waals surface area (Å²) in [7, 11) is 0. The summed E-state index contributed by atoms with van der Waals surface area (Å²) >= 11 is 0. The number of esters is 1. The van der Waals surface area contributed by atoms with Crippen LogP contribution in [-0.4, -0.2) is 12.6 Å². The van der Waals surface area contributed by atoms with Crippen LogP contribution in [0.25, 0.3) is 0 Å². The average molecular weight is 261 g/mol. The van der Waals surface area contributed by atoms with Gasteiger partial charge in [-0.2, -0.15) is 18.4 Å². The quantitative estimate of drug-likeness (QED) is 0.607. The Labute approximate surface area is 99.6 Å². The number of rotatable bonds is 2. The van der Waals surface area contributed by atoms with Crippen LogP contribution in [0.4, 0.5) is 17.6 Å². The Morgan fingerprint density at radius 2 is 2.06 bits per heavy atom. The van der Waals surface area contributed by atoms with E-state index < -0.39 is 34.7 Å². The molecule has 18 heavy (non-hydrogen) atoms. The number of hydrogen-bond acceptors (Lipinski definition) is 3. The van der Waals surface area contributed by atoms with Crippen molar-refractivity contribution in [2.45, 2.75) is 13.1 Å². The second-order valence-electron chi connectivity index (χ2n) is 3.17. The Morgan fingerprint density at radius 1 is 1.44 bits per heavy atom. The van der Waals surface area contributed by atoms with E-state index in [2.05, 4.69) is 4.74 Å². The molecule has 1 aromatic rings. The van der Waals surface area contributed by atoms with Gasteiger partial charge in [-0.25, -0.2) is 9.18 Å². The molecular formula is C11H7F4NO2. The van der Waals surface area contributed by atoms with Gasteiger partial charge in [0.25, 0.3) is 0 Å². The molecule has 0 aromatic heterocycles. The van der Waals surface area contributed by atoms with Gasteiger partial charge in [-0.3, -0.25) is 0 Å². The molecule has 7 heteroatoms. The standard InChI is InChI=1S/C11H7F4NO2/c1-2-18-10(17)6-3-4-8(12)7(5-16)9(6)11(13,14)15/h3-4H,2H2,1H3. The summed E-state index contributed by atoms with van der Waals surface area (Å²) in [5.41, 5.74) is -3.70. The molecule has 0 atom stereocenters. The van der Waals surface area contributed by atoms with E-state index in [0.717, 1.165) is 6.07 Å². The third kappa shape index (κ3) is 2.59. The second kappa shape index (κ2) is 5.04. The van der Waals surface area contributed by atoms with Gasteiger partial charge < -0.3 is 4.74 Å². The fourth-order valence-electron chi connectivity index (χ4n) is 1.36. The van der Waals surface area contributed by atoms with E-state index in [9.17, 15) is 22.4 Å². The van der Waals surface area contributed by atoms with Gasteiger partial charge >= 0.3 is 12.1 Å². The van der Waals surface area contributed by atoms with Crippen LogP contribution in [-0.2, 0) is 10.9 Å². The lowest BCUT2D eigenvalue weighted by molar-refractivity contribution is -0.138. The molecule has 0 heterocycles. The average Bonchev–Trinajstić information content (AvgIpc) is 2.27. The van der Waals surface area contributed by atoms with Crippen molar-refractivity contribution in [3.8, 4) is 6.07 Å². The number of ether oxygens (including phenoxy) is 1. The van der Waals surface area contributed by atoms with Crippen molar-refractivity contribution in [1.29, 1.82) is 5.26 Å². The van der Waals surface area contributed by atoms with Crippen molar-refractivity contribution in [1.82, 2.24) is 0 Å². The molecule has 0 unspecified atom stereocenters. The summed E-state index contributed by atoms with van der Waals surface area (Å²) in [5, 5.41) is 8.56. The molecule has 0 aliphatic heterocycles. The largest absolute Gasteiger partial charge is 0.462 e. The molecule has 0 bridgehead atoms. The molecule has 0 aliphatic carbocycles. The molecule has 1 rings (SSSR count). The first-order valence-electron chi connectivity index (χ1n) is 4.79. The third-order valence-electron chi connectivity index (χ3n) is 2.05. The normalized spacial score (nSPS) is 10.9. The molecule has 0 amide bonds. The summed E-state index contributed by atoms with van der Waals surface area (Å²) in [6, 6.07) is 2.38. The molecule has 0 spiro atoms. The van der Waals surface area contributed by atoms with Crippen LogP contribution in [0.15, 0.2) is 12.1 Å². The smallest absolute Gasteiger partial charge is 0.418 e. The molecule has 3 nitrogen and oxygen atoms in total. The molecule has 0 radical (unpaired) electrons. The zero-order chi connectivity index (χ0) is 13.9. The summed E-state index contributed by atoms with van der Waals surface area (Å²) in [6.07, 6.45) is -5.02. The minimum Gasteiger partial charge on any atom is -0.462 e. The van der Waals surface area contributed by atoms with E-state index >= 15 is 0 Å². The molecule has 0 fully saturated rings. The molecule has 0 saturated heterocycles. The summed E-state index contributed by atoms with van der Waals surface area (Å²) in [4.78, 5) is 11.3. The van der Waals surface area contributed by atoms with Crippen molar-refractivity contribution >= 4 is 5.97 Å². The second-order valence-corrected chi connectivity index (χ2v) is 3.17. The van der Waals surface area contributed by atoms with E-state index in [1.54, 1.807) is 0 Å². The fourth-order valence-corrected chi connectivity index (χ4v) is 1.36. The van der Waals surface area contributed by atoms with E-state index in [1.165, 1.54) is 6.92 Å². The van der Waals surface area contributed by atoms with Gasteiger partial charge in [0.15, 0.2) is 0 Å². The van der Waals surface area contributed by atoms with Gasteiger partial charge in [0.05, 0.1) is 17.7 Å². The topological polar surface area (TPSA) is 50.1 Å². The van der Waals surface area contributed by atoms with Crippen LogP contribution in [0.5, 0.6) is 0 Å². The van der Waals surface area contributed by atoms with Gasteiger partial charge in [0.2, 0.25) is 0 Å². The highest BCUT2D eigenvalue weighted by atomic mass is 19.4. The lowest BCUT2D eigenvalue weighted by Gasteiger charge is -2.13. The van der Waals surface area contributed by atoms with E-state index in [-0.39, 0.29) is 6.61 Å². The number of carbonyl (C=O) groups excluding carboxylic acids is 1. The first-order chi connectivity index (χ1) is 8.32. The minimum atomic E-state index is -5.02. The fraction of sp³-hybridized carbons (Fsp3) is 0.273. The van der Waals surface area contributed by atoms with Crippen LogP contribution >= 0.6 is 0 Å². The SMILES string of the molecule is CCOC(=O)c1ccc(F)c(C#N)c1C(F)(F)F. The number of nitriles is 1. The van der Waals surface area contributed by atoms with Crippen molar-refractivity contribution in [2.75, 3.05) is 6.61 Å². The van der Waals surface area contributed by atoms with E-state index in [0.29, 0.717) is 12.1 Å². The van der Waals surface area contributed by atoms with Gasteiger partial charge in [-0.15, -0.1) is 0 Å². The number of halogens is 4. The van der Waals surface area contributed by atoms with Gasteiger partial charge in [0, 0.05) is 0 Å². The Kier molecular flexibility index (Phi) is 3.91. The predicted octanol–water partition coefficient (Wildman–Crippen LogP) is 2.89. The molecule has 0 aliphatic rings. The van der Waals surface area contributed by atoms with E-state index in [1.807, 2.05) is 0 Å². The number of carbonyl (C=O) groups is 1. The Morgan fingerprint density at radius 3 is 2.50 bits per heavy atom. The van der Waals surface area contributed by atoms with Crippen molar-refractivity contribution in [3.63, 3.8) is 0 Å². The van der Waals surface area contributed by atoms with E-state index in [4.69, 9.17) is 5.26 Å². The highest BCUT2D eigenvalue weighted by Gasteiger charge is 2.39. The van der Waals surface area contributed by atoms with Gasteiger partial charge in [0.1, 0.15) is 17.4 Å². The molecular weight excluding hydrogens is 254 g/mol. The summed E-state index contributed by atoms with van der Waals surface area (Å²) in [5.74, 6) is -2.58. The monoisotopic (exact) mass is 261 g/mol.